The summed E-state index contributed by atoms with van der Waals surface area (Å²) in [5.41, 5.74) is 4.80. The molecule has 9 nitrogen and oxygen atoms in total. The maximum atomic E-state index is 14.1. The van der Waals surface area contributed by atoms with Crippen LogP contribution in [-0.2, 0) is 6.42 Å². The van der Waals surface area contributed by atoms with Gasteiger partial charge in [0.05, 0.1) is 51.9 Å². The van der Waals surface area contributed by atoms with Crippen LogP contribution in [0, 0.1) is 0 Å². The normalized spacial score (nSPS) is 18.3. The van der Waals surface area contributed by atoms with Crippen molar-refractivity contribution in [2.75, 3.05) is 44.7 Å². The lowest BCUT2D eigenvalue weighted by atomic mass is 9.97. The number of nitrogens with zero attached hydrogens (tertiary/aromatic N) is 7. The largest absolute Gasteiger partial charge is 0.367 e. The summed E-state index contributed by atoms with van der Waals surface area (Å²) in [5, 5.41) is 7.31. The molecule has 10 heteroatoms. The van der Waals surface area contributed by atoms with Crippen molar-refractivity contribution in [1.82, 2.24) is 34.4 Å². The molecule has 1 aromatic carbocycles. The van der Waals surface area contributed by atoms with Crippen LogP contribution in [0.1, 0.15) is 33.5 Å². The van der Waals surface area contributed by atoms with Crippen LogP contribution < -0.4 is 4.90 Å². The number of likely N-dealkylation sites (N-methyl/N-ethyl adjacent to an activating group) is 1. The summed E-state index contributed by atoms with van der Waals surface area (Å²) in [6.45, 7) is 4.29. The molecule has 1 atom stereocenters. The Kier molecular flexibility index (Phi) is 5.56. The number of H-pyrrole nitrogens is 1. The maximum absolute atomic E-state index is 14.1. The number of hydrogen-bond acceptors (Lipinski definition) is 6. The summed E-state index contributed by atoms with van der Waals surface area (Å²) in [4.78, 5) is 33.2. The number of pyridine rings is 2. The maximum Gasteiger partial charge on any atom is 0.258 e. The highest BCUT2D eigenvalue weighted by molar-refractivity contribution is 6.33. The molecule has 1 N–H and O–H groups in total. The second-order valence-corrected chi connectivity index (χ2v) is 10.5. The Morgan fingerprint density at radius 3 is 2.68 bits per heavy atom. The van der Waals surface area contributed by atoms with E-state index in [-0.39, 0.29) is 5.91 Å². The number of rotatable bonds is 3. The fraction of sp³-hybridized carbons (Fsp3) is 0.286. The number of amides is 1. The number of carbonyl (C=O) groups excluding carboxylic acids is 1. The number of aromatic nitrogens is 5. The van der Waals surface area contributed by atoms with Crippen LogP contribution >= 0.6 is 11.6 Å². The van der Waals surface area contributed by atoms with Gasteiger partial charge in [0.15, 0.2) is 0 Å². The lowest BCUT2D eigenvalue weighted by Crippen LogP contribution is -2.44. The van der Waals surface area contributed by atoms with Gasteiger partial charge in [-0.25, -0.2) is 9.50 Å². The van der Waals surface area contributed by atoms with Crippen molar-refractivity contribution >= 4 is 39.5 Å². The second-order valence-electron chi connectivity index (χ2n) is 10.1. The van der Waals surface area contributed by atoms with Gasteiger partial charge in [-0.3, -0.25) is 9.78 Å². The minimum Gasteiger partial charge on any atom is -0.367 e. The molecule has 1 fully saturated rings. The average molecular weight is 527 g/mol. The van der Waals surface area contributed by atoms with E-state index in [0.717, 1.165) is 59.7 Å². The van der Waals surface area contributed by atoms with E-state index in [1.165, 1.54) is 0 Å². The number of carbonyl (C=O) groups is 1. The lowest BCUT2D eigenvalue weighted by molar-refractivity contribution is 0.0689. The van der Waals surface area contributed by atoms with Gasteiger partial charge in [-0.2, -0.15) is 5.10 Å². The highest BCUT2D eigenvalue weighted by Crippen LogP contribution is 2.36. The second kappa shape index (κ2) is 9.11. The first-order valence-electron chi connectivity index (χ1n) is 12.8. The third-order valence-electron chi connectivity index (χ3n) is 7.78. The molecule has 0 aliphatic carbocycles. The predicted molar refractivity (Wildman–Crippen MR) is 147 cm³/mol. The molecule has 38 heavy (non-hydrogen) atoms. The zero-order chi connectivity index (χ0) is 25.8. The van der Waals surface area contributed by atoms with Crippen molar-refractivity contribution in [2.24, 2.45) is 0 Å². The van der Waals surface area contributed by atoms with Gasteiger partial charge in [0, 0.05) is 56.4 Å². The smallest absolute Gasteiger partial charge is 0.258 e. The van der Waals surface area contributed by atoms with Gasteiger partial charge in [0.25, 0.3) is 5.91 Å². The van der Waals surface area contributed by atoms with Crippen molar-refractivity contribution in [1.29, 1.82) is 0 Å². The zero-order valence-corrected chi connectivity index (χ0v) is 21.8. The van der Waals surface area contributed by atoms with Gasteiger partial charge in [0.1, 0.15) is 6.04 Å². The zero-order valence-electron chi connectivity index (χ0n) is 21.0. The van der Waals surface area contributed by atoms with Crippen LogP contribution in [0.2, 0.25) is 5.02 Å². The Morgan fingerprint density at radius 1 is 1.03 bits per heavy atom. The number of piperazine rings is 1. The molecule has 1 saturated heterocycles. The molecule has 5 aromatic rings. The molecule has 0 saturated carbocycles. The summed E-state index contributed by atoms with van der Waals surface area (Å²) >= 11 is 6.78. The van der Waals surface area contributed by atoms with E-state index in [4.69, 9.17) is 16.6 Å². The van der Waals surface area contributed by atoms with Crippen LogP contribution in [0.25, 0.3) is 16.3 Å². The van der Waals surface area contributed by atoms with Crippen molar-refractivity contribution < 1.29 is 4.79 Å². The van der Waals surface area contributed by atoms with E-state index in [0.29, 0.717) is 29.1 Å². The van der Waals surface area contributed by atoms with Gasteiger partial charge < -0.3 is 19.7 Å². The summed E-state index contributed by atoms with van der Waals surface area (Å²) < 4.78 is 1.76. The third-order valence-corrected chi connectivity index (χ3v) is 8.08. The molecule has 2 aliphatic rings. The molecule has 4 aromatic heterocycles. The van der Waals surface area contributed by atoms with Crippen molar-refractivity contribution in [3.63, 3.8) is 0 Å². The van der Waals surface area contributed by atoms with Gasteiger partial charge in [-0.1, -0.05) is 35.9 Å². The Hall–Kier alpha value is -3.95. The first-order valence-corrected chi connectivity index (χ1v) is 13.2. The predicted octanol–water partition coefficient (Wildman–Crippen LogP) is 3.80. The monoisotopic (exact) mass is 526 g/mol. The molecule has 2 aliphatic heterocycles. The quantitative estimate of drug-likeness (QED) is 0.385. The first kappa shape index (κ1) is 23.2. The number of anilines is 1. The Labute approximate surface area is 224 Å². The number of benzene rings is 1. The topological polar surface area (TPSA) is 85.7 Å². The number of halogens is 1. The fourth-order valence-electron chi connectivity index (χ4n) is 5.63. The first-order chi connectivity index (χ1) is 18.6. The highest BCUT2D eigenvalue weighted by Gasteiger charge is 2.36. The summed E-state index contributed by atoms with van der Waals surface area (Å²) in [6, 6.07) is 11.6. The Bertz CT molecular complexity index is 1670. The van der Waals surface area contributed by atoms with Crippen LogP contribution in [0.15, 0.2) is 61.3 Å². The minimum atomic E-state index is -0.405. The Balaban J connectivity index is 1.27. The Morgan fingerprint density at radius 2 is 1.84 bits per heavy atom. The molecule has 192 valence electrons. The molecule has 7 rings (SSSR count). The summed E-state index contributed by atoms with van der Waals surface area (Å²) in [6.07, 6.45) is 7.83. The van der Waals surface area contributed by atoms with E-state index < -0.39 is 6.04 Å². The lowest BCUT2D eigenvalue weighted by Gasteiger charge is -2.35. The number of nitrogens with one attached hydrogen (secondary N) is 1. The van der Waals surface area contributed by atoms with Gasteiger partial charge in [-0.05, 0) is 24.6 Å². The van der Waals surface area contributed by atoms with Crippen molar-refractivity contribution in [3.8, 4) is 0 Å². The van der Waals surface area contributed by atoms with E-state index >= 15 is 0 Å². The SMILES string of the molecule is CN1CCN(c2cn3ncc(C(=O)N4CCc5[nH]cnc5[C@H]4c4cc5ccccc5cn4)c3cc2Cl)CC1. The molecule has 6 heterocycles. The van der Waals surface area contributed by atoms with E-state index in [1.807, 2.05) is 41.6 Å². The van der Waals surface area contributed by atoms with E-state index in [9.17, 15) is 4.79 Å². The minimum absolute atomic E-state index is 0.114. The highest BCUT2D eigenvalue weighted by atomic mass is 35.5. The standard InChI is InChI=1S/C28H27ClN8O/c1-34-8-10-35(11-9-34)25-16-37-24(13-21(25)29)20(15-33-37)28(38)36-7-6-22-26(32-17-31-22)27(36)23-12-18-4-2-3-5-19(18)14-30-23/h2-5,12-17,27H,6-11H2,1H3,(H,31,32)/t27-/m1/s1. The molecule has 1 amide bonds. The van der Waals surface area contributed by atoms with E-state index in [1.54, 1.807) is 17.0 Å². The molecular weight excluding hydrogens is 500 g/mol. The van der Waals surface area contributed by atoms with Crippen LogP contribution in [-0.4, -0.2) is 80.0 Å². The van der Waals surface area contributed by atoms with Crippen LogP contribution in [0.3, 0.4) is 0 Å². The molecule has 0 bridgehead atoms. The summed E-state index contributed by atoms with van der Waals surface area (Å²) in [5.74, 6) is -0.114. The molecular formula is C28H27ClN8O. The average Bonchev–Trinajstić information content (AvgIpc) is 3.59. The van der Waals surface area contributed by atoms with Gasteiger partial charge in [-0.15, -0.1) is 0 Å². The fourth-order valence-corrected chi connectivity index (χ4v) is 5.91. The molecule has 0 radical (unpaired) electrons. The van der Waals surface area contributed by atoms with Gasteiger partial charge >= 0.3 is 0 Å². The molecule has 0 unspecified atom stereocenters. The van der Waals surface area contributed by atoms with E-state index in [2.05, 4.69) is 44.0 Å². The van der Waals surface area contributed by atoms with Gasteiger partial charge in [0.2, 0.25) is 0 Å². The third kappa shape index (κ3) is 3.81. The number of fused-ring (bicyclic) bond motifs is 3. The van der Waals surface area contributed by atoms with Crippen LogP contribution in [0.5, 0.6) is 0 Å². The van der Waals surface area contributed by atoms with Crippen LogP contribution in [0.4, 0.5) is 5.69 Å². The molecule has 0 spiro atoms. The number of hydrogen-bond donors (Lipinski definition) is 1. The van der Waals surface area contributed by atoms with Crippen molar-refractivity contribution in [3.05, 3.63) is 89.0 Å². The number of imidazole rings is 1. The number of aromatic amines is 1. The summed E-state index contributed by atoms with van der Waals surface area (Å²) in [7, 11) is 2.13. The van der Waals surface area contributed by atoms with Crippen molar-refractivity contribution in [2.45, 2.75) is 12.5 Å².